The number of fused-ring (bicyclic) bond motifs is 1. The van der Waals surface area contributed by atoms with Crippen molar-refractivity contribution < 1.29 is 19.2 Å². The lowest BCUT2D eigenvalue weighted by Crippen LogP contribution is -2.57. The fourth-order valence-corrected chi connectivity index (χ4v) is 5.62. The van der Waals surface area contributed by atoms with Gasteiger partial charge in [0.15, 0.2) is 0 Å². The predicted molar refractivity (Wildman–Crippen MR) is 140 cm³/mol. The molecule has 0 saturated carbocycles. The summed E-state index contributed by atoms with van der Waals surface area (Å²) >= 11 is 12.8. The Morgan fingerprint density at radius 2 is 1.76 bits per heavy atom. The molecule has 0 aromatic heterocycles. The molecule has 2 N–H and O–H groups in total. The fourth-order valence-electron chi connectivity index (χ4n) is 5.10. The van der Waals surface area contributed by atoms with Crippen LogP contribution in [0.25, 0.3) is 0 Å². The molecule has 3 amide bonds. The molecule has 3 atom stereocenters. The Morgan fingerprint density at radius 1 is 1.00 bits per heavy atom. The van der Waals surface area contributed by atoms with E-state index in [1.165, 1.54) is 4.90 Å². The van der Waals surface area contributed by atoms with Crippen LogP contribution in [0.15, 0.2) is 72.8 Å². The molecule has 190 valence electrons. The van der Waals surface area contributed by atoms with Crippen molar-refractivity contribution in [2.75, 3.05) is 6.54 Å². The average Bonchev–Trinajstić information content (AvgIpc) is 2.90. The summed E-state index contributed by atoms with van der Waals surface area (Å²) in [4.78, 5) is 47.8. The number of nitrogens with zero attached hydrogens (tertiary/aromatic N) is 1. The summed E-state index contributed by atoms with van der Waals surface area (Å²) in [6, 6.07) is 19.7. The highest BCUT2D eigenvalue weighted by atomic mass is 35.5. The van der Waals surface area contributed by atoms with Gasteiger partial charge in [0.25, 0.3) is 11.8 Å². The predicted octanol–water partition coefficient (Wildman–Crippen LogP) is 4.80. The van der Waals surface area contributed by atoms with Gasteiger partial charge in [0.2, 0.25) is 5.91 Å². The molecule has 7 nitrogen and oxygen atoms in total. The Morgan fingerprint density at radius 3 is 2.51 bits per heavy atom. The van der Waals surface area contributed by atoms with Gasteiger partial charge in [-0.2, -0.15) is 0 Å². The minimum absolute atomic E-state index is 0.168. The van der Waals surface area contributed by atoms with Crippen molar-refractivity contribution in [1.82, 2.24) is 15.7 Å². The number of piperidine rings is 1. The standard InChI is InChI=1S/C28H25Cl2N3O4/c29-18-12-13-21(22(30)15-18)25-24(27(35)32-37-16-17-7-2-1-3-8-17)19-9-4-5-10-20(19)28(36)33(25)23-11-6-14-31-26(23)34/h1-5,7-10,12-13,15,23-25H,6,11,14,16H2,(H,31,34)(H,32,35)/t23-,24+,25-/m0/s1. The molecule has 1 fully saturated rings. The Bertz CT molecular complexity index is 1330. The number of amides is 3. The van der Waals surface area contributed by atoms with E-state index in [0.717, 1.165) is 5.56 Å². The maximum absolute atomic E-state index is 13.9. The van der Waals surface area contributed by atoms with Crippen LogP contribution in [0.4, 0.5) is 0 Å². The van der Waals surface area contributed by atoms with Crippen molar-refractivity contribution in [3.8, 4) is 0 Å². The van der Waals surface area contributed by atoms with Crippen molar-refractivity contribution in [2.45, 2.75) is 37.5 Å². The van der Waals surface area contributed by atoms with E-state index in [4.69, 9.17) is 28.0 Å². The fraction of sp³-hybridized carbons (Fsp3) is 0.250. The smallest absolute Gasteiger partial charge is 0.255 e. The zero-order valence-electron chi connectivity index (χ0n) is 19.8. The summed E-state index contributed by atoms with van der Waals surface area (Å²) in [5.41, 5.74) is 4.89. The van der Waals surface area contributed by atoms with Crippen molar-refractivity contribution in [3.63, 3.8) is 0 Å². The SMILES string of the molecule is O=C(NOCc1ccccc1)[C@@H]1c2ccccc2C(=O)N([C@H]2CCCNC2=O)[C@H]1c1ccc(Cl)cc1Cl. The largest absolute Gasteiger partial charge is 0.354 e. The first kappa shape index (κ1) is 25.3. The zero-order chi connectivity index (χ0) is 25.9. The van der Waals surface area contributed by atoms with Crippen LogP contribution in [0.1, 0.15) is 51.8 Å². The first-order valence-corrected chi connectivity index (χ1v) is 12.8. The molecule has 0 radical (unpaired) electrons. The first-order chi connectivity index (χ1) is 18.0. The number of rotatable bonds is 6. The van der Waals surface area contributed by atoms with Crippen LogP contribution < -0.4 is 10.8 Å². The van der Waals surface area contributed by atoms with Gasteiger partial charge in [-0.1, -0.05) is 77.8 Å². The summed E-state index contributed by atoms with van der Waals surface area (Å²) in [6.45, 7) is 0.707. The van der Waals surface area contributed by atoms with E-state index in [2.05, 4.69) is 10.8 Å². The Balaban J connectivity index is 1.58. The topological polar surface area (TPSA) is 87.7 Å². The van der Waals surface area contributed by atoms with Gasteiger partial charge in [-0.3, -0.25) is 19.2 Å². The number of carbonyl (C=O) groups is 3. The summed E-state index contributed by atoms with van der Waals surface area (Å²) in [6.07, 6.45) is 1.18. The van der Waals surface area contributed by atoms with Gasteiger partial charge in [-0.25, -0.2) is 5.48 Å². The number of benzene rings is 3. The van der Waals surface area contributed by atoms with Crippen molar-refractivity contribution in [2.24, 2.45) is 0 Å². The van der Waals surface area contributed by atoms with Crippen LogP contribution in [0.2, 0.25) is 10.0 Å². The number of carbonyl (C=O) groups excluding carboxylic acids is 3. The van der Waals surface area contributed by atoms with Crippen LogP contribution >= 0.6 is 23.2 Å². The molecule has 2 heterocycles. The van der Waals surface area contributed by atoms with Crippen molar-refractivity contribution in [1.29, 1.82) is 0 Å². The van der Waals surface area contributed by atoms with Gasteiger partial charge in [0, 0.05) is 22.2 Å². The quantitative estimate of drug-likeness (QED) is 0.442. The van der Waals surface area contributed by atoms with Crippen LogP contribution in [0.5, 0.6) is 0 Å². The van der Waals surface area contributed by atoms with E-state index < -0.39 is 23.9 Å². The van der Waals surface area contributed by atoms with Gasteiger partial charge in [0.1, 0.15) is 6.04 Å². The molecule has 1 saturated heterocycles. The van der Waals surface area contributed by atoms with E-state index in [1.54, 1.807) is 42.5 Å². The van der Waals surface area contributed by atoms with Crippen molar-refractivity contribution in [3.05, 3.63) is 105 Å². The lowest BCUT2D eigenvalue weighted by molar-refractivity contribution is -0.139. The monoisotopic (exact) mass is 537 g/mol. The number of hydroxylamine groups is 1. The first-order valence-electron chi connectivity index (χ1n) is 12.1. The third kappa shape index (κ3) is 5.07. The summed E-state index contributed by atoms with van der Waals surface area (Å²) in [5, 5.41) is 3.58. The van der Waals surface area contributed by atoms with E-state index >= 15 is 0 Å². The second-order valence-electron chi connectivity index (χ2n) is 9.08. The Labute approximate surface area is 224 Å². The van der Waals surface area contributed by atoms with Crippen LogP contribution in [0, 0.1) is 0 Å². The van der Waals surface area contributed by atoms with E-state index in [-0.39, 0.29) is 18.4 Å². The molecule has 5 rings (SSSR count). The van der Waals surface area contributed by atoms with Crippen LogP contribution in [-0.4, -0.2) is 35.2 Å². The molecule has 37 heavy (non-hydrogen) atoms. The highest BCUT2D eigenvalue weighted by molar-refractivity contribution is 6.35. The normalized spacial score (nSPS) is 21.2. The van der Waals surface area contributed by atoms with E-state index in [0.29, 0.717) is 46.1 Å². The van der Waals surface area contributed by atoms with Gasteiger partial charge in [0.05, 0.1) is 18.6 Å². The molecule has 9 heteroatoms. The molecule has 3 aromatic carbocycles. The highest BCUT2D eigenvalue weighted by Crippen LogP contribution is 2.46. The van der Waals surface area contributed by atoms with Crippen LogP contribution in [0.3, 0.4) is 0 Å². The van der Waals surface area contributed by atoms with Gasteiger partial charge >= 0.3 is 0 Å². The number of hydrogen-bond donors (Lipinski definition) is 2. The average molecular weight is 538 g/mol. The molecule has 0 aliphatic carbocycles. The zero-order valence-corrected chi connectivity index (χ0v) is 21.3. The van der Waals surface area contributed by atoms with Gasteiger partial charge in [-0.05, 0) is 47.7 Å². The molecule has 0 spiro atoms. The molecule has 3 aromatic rings. The Kier molecular flexibility index (Phi) is 7.46. The second-order valence-corrected chi connectivity index (χ2v) is 9.92. The third-order valence-electron chi connectivity index (χ3n) is 6.79. The summed E-state index contributed by atoms with van der Waals surface area (Å²) in [5.74, 6) is -1.93. The lowest BCUT2D eigenvalue weighted by atomic mass is 9.78. The van der Waals surface area contributed by atoms with Crippen LogP contribution in [-0.2, 0) is 21.0 Å². The lowest BCUT2D eigenvalue weighted by Gasteiger charge is -2.46. The third-order valence-corrected chi connectivity index (χ3v) is 7.35. The minimum Gasteiger partial charge on any atom is -0.354 e. The van der Waals surface area contributed by atoms with E-state index in [1.807, 2.05) is 30.3 Å². The maximum Gasteiger partial charge on any atom is 0.255 e. The molecule has 2 aliphatic heterocycles. The van der Waals surface area contributed by atoms with Gasteiger partial charge in [-0.15, -0.1) is 0 Å². The summed E-state index contributed by atoms with van der Waals surface area (Å²) < 4.78 is 0. The van der Waals surface area contributed by atoms with Crippen molar-refractivity contribution >= 4 is 40.9 Å². The summed E-state index contributed by atoms with van der Waals surface area (Å²) in [7, 11) is 0. The number of hydrogen-bond acceptors (Lipinski definition) is 4. The number of halogens is 2. The second kappa shape index (κ2) is 10.9. The van der Waals surface area contributed by atoms with Gasteiger partial charge < -0.3 is 10.2 Å². The maximum atomic E-state index is 13.9. The molecule has 2 aliphatic rings. The highest BCUT2D eigenvalue weighted by Gasteiger charge is 2.49. The Hall–Kier alpha value is -3.39. The molecular weight excluding hydrogens is 513 g/mol. The van der Waals surface area contributed by atoms with E-state index in [9.17, 15) is 14.4 Å². The molecular formula is C28H25Cl2N3O4. The molecule has 0 unspecified atom stereocenters. The minimum atomic E-state index is -0.891. The number of nitrogens with one attached hydrogen (secondary N) is 2. The molecule has 0 bridgehead atoms.